The van der Waals surface area contributed by atoms with Crippen molar-refractivity contribution in [3.8, 4) is 0 Å². The zero-order valence-electron chi connectivity index (χ0n) is 15.0. The van der Waals surface area contributed by atoms with Crippen molar-refractivity contribution in [3.63, 3.8) is 0 Å². The number of hydrogen-bond donors (Lipinski definition) is 1. The monoisotopic (exact) mass is 379 g/mol. The van der Waals surface area contributed by atoms with Crippen LogP contribution >= 0.6 is 11.3 Å². The van der Waals surface area contributed by atoms with Crippen molar-refractivity contribution >= 4 is 29.1 Å². The van der Waals surface area contributed by atoms with Crippen LogP contribution in [0.3, 0.4) is 0 Å². The number of morpholine rings is 1. The van der Waals surface area contributed by atoms with Crippen LogP contribution in [0, 0.1) is 5.92 Å². The summed E-state index contributed by atoms with van der Waals surface area (Å²) in [7, 11) is 0. The van der Waals surface area contributed by atoms with Crippen molar-refractivity contribution in [2.45, 2.75) is 25.8 Å². The Bertz CT molecular complexity index is 643. The third kappa shape index (κ3) is 4.42. The third-order valence-electron chi connectivity index (χ3n) is 4.87. The van der Waals surface area contributed by atoms with Gasteiger partial charge in [0.1, 0.15) is 6.04 Å². The maximum Gasteiger partial charge on any atom is 0.261 e. The Kier molecular flexibility index (Phi) is 6.26. The summed E-state index contributed by atoms with van der Waals surface area (Å²) in [6, 6.07) is 2.93. The van der Waals surface area contributed by atoms with Crippen LogP contribution in [0.25, 0.3) is 0 Å². The van der Waals surface area contributed by atoms with Gasteiger partial charge < -0.3 is 19.9 Å². The molecule has 7 nitrogen and oxygen atoms in total. The van der Waals surface area contributed by atoms with E-state index in [2.05, 4.69) is 5.32 Å². The number of nitrogens with zero attached hydrogens (tertiary/aromatic N) is 2. The van der Waals surface area contributed by atoms with Crippen LogP contribution < -0.4 is 5.32 Å². The van der Waals surface area contributed by atoms with Crippen molar-refractivity contribution < 1.29 is 19.1 Å². The molecule has 2 unspecified atom stereocenters. The van der Waals surface area contributed by atoms with Crippen molar-refractivity contribution in [2.75, 3.05) is 39.4 Å². The van der Waals surface area contributed by atoms with Gasteiger partial charge in [-0.15, -0.1) is 11.3 Å². The first kappa shape index (κ1) is 18.8. The Morgan fingerprint density at radius 1 is 1.23 bits per heavy atom. The SMILES string of the molecule is CC(NC(=O)c1cccs1)C(=O)N1CCCC(C(=O)N2CCOCC2)C1. The summed E-state index contributed by atoms with van der Waals surface area (Å²) in [5.74, 6) is -0.416. The lowest BCUT2D eigenvalue weighted by atomic mass is 9.95. The maximum atomic E-state index is 12.7. The van der Waals surface area contributed by atoms with Gasteiger partial charge in [-0.25, -0.2) is 0 Å². The van der Waals surface area contributed by atoms with Gasteiger partial charge in [0.2, 0.25) is 11.8 Å². The number of amides is 3. The van der Waals surface area contributed by atoms with E-state index in [9.17, 15) is 14.4 Å². The molecule has 1 N–H and O–H groups in total. The van der Waals surface area contributed by atoms with Gasteiger partial charge in [-0.05, 0) is 31.2 Å². The number of likely N-dealkylation sites (tertiary alicyclic amines) is 1. The molecular formula is C18H25N3O4S. The van der Waals surface area contributed by atoms with E-state index in [4.69, 9.17) is 4.74 Å². The topological polar surface area (TPSA) is 79.0 Å². The normalized spacial score (nSPS) is 22.0. The van der Waals surface area contributed by atoms with Crippen molar-refractivity contribution in [2.24, 2.45) is 5.92 Å². The Morgan fingerprint density at radius 3 is 2.69 bits per heavy atom. The quantitative estimate of drug-likeness (QED) is 0.845. The predicted molar refractivity (Wildman–Crippen MR) is 98.0 cm³/mol. The Morgan fingerprint density at radius 2 is 2.00 bits per heavy atom. The molecule has 0 saturated carbocycles. The summed E-state index contributed by atoms with van der Waals surface area (Å²) in [4.78, 5) is 41.7. The van der Waals surface area contributed by atoms with Crippen molar-refractivity contribution in [1.82, 2.24) is 15.1 Å². The van der Waals surface area contributed by atoms with Crippen molar-refractivity contribution in [1.29, 1.82) is 0 Å². The second-order valence-corrected chi connectivity index (χ2v) is 7.68. The molecule has 2 aliphatic rings. The molecule has 0 spiro atoms. The number of hydrogen-bond acceptors (Lipinski definition) is 5. The predicted octanol–water partition coefficient (Wildman–Crippen LogP) is 0.964. The highest BCUT2D eigenvalue weighted by Crippen LogP contribution is 2.20. The second-order valence-electron chi connectivity index (χ2n) is 6.73. The van der Waals surface area contributed by atoms with E-state index >= 15 is 0 Å². The lowest BCUT2D eigenvalue weighted by Crippen LogP contribution is -2.53. The van der Waals surface area contributed by atoms with Crippen LogP contribution in [0.1, 0.15) is 29.4 Å². The summed E-state index contributed by atoms with van der Waals surface area (Å²) in [6.45, 7) is 5.15. The van der Waals surface area contributed by atoms with E-state index in [-0.39, 0.29) is 23.6 Å². The van der Waals surface area contributed by atoms with Crippen LogP contribution in [0.5, 0.6) is 0 Å². The van der Waals surface area contributed by atoms with Gasteiger partial charge in [0.15, 0.2) is 0 Å². The number of carbonyl (C=O) groups is 3. The Hall–Kier alpha value is -1.93. The summed E-state index contributed by atoms with van der Waals surface area (Å²) < 4.78 is 5.30. The molecule has 0 radical (unpaired) electrons. The first-order chi connectivity index (χ1) is 12.6. The Labute approximate surface area is 157 Å². The summed E-state index contributed by atoms with van der Waals surface area (Å²) in [5.41, 5.74) is 0. The smallest absolute Gasteiger partial charge is 0.261 e. The average Bonchev–Trinajstić information content (AvgIpc) is 3.22. The number of ether oxygens (including phenoxy) is 1. The van der Waals surface area contributed by atoms with Gasteiger partial charge >= 0.3 is 0 Å². The van der Waals surface area contributed by atoms with Crippen LogP contribution in [-0.4, -0.2) is 73.0 Å². The molecule has 2 saturated heterocycles. The molecule has 142 valence electrons. The van der Waals surface area contributed by atoms with E-state index < -0.39 is 6.04 Å². The number of carbonyl (C=O) groups excluding carboxylic acids is 3. The molecule has 26 heavy (non-hydrogen) atoms. The highest BCUT2D eigenvalue weighted by molar-refractivity contribution is 7.12. The highest BCUT2D eigenvalue weighted by Gasteiger charge is 2.33. The van der Waals surface area contributed by atoms with E-state index in [0.717, 1.165) is 12.8 Å². The van der Waals surface area contributed by atoms with E-state index in [1.807, 2.05) is 10.3 Å². The fraction of sp³-hybridized carbons (Fsp3) is 0.611. The number of thiophene rings is 1. The molecule has 8 heteroatoms. The number of rotatable bonds is 4. The van der Waals surface area contributed by atoms with Gasteiger partial charge in [-0.2, -0.15) is 0 Å². The molecule has 0 aromatic carbocycles. The minimum atomic E-state index is -0.609. The minimum absolute atomic E-state index is 0.112. The van der Waals surface area contributed by atoms with Gasteiger partial charge in [-0.1, -0.05) is 6.07 Å². The van der Waals surface area contributed by atoms with E-state index in [1.165, 1.54) is 11.3 Å². The Balaban J connectivity index is 1.55. The van der Waals surface area contributed by atoms with Gasteiger partial charge in [0, 0.05) is 26.2 Å². The lowest BCUT2D eigenvalue weighted by Gasteiger charge is -2.37. The maximum absolute atomic E-state index is 12.7. The molecule has 0 aliphatic carbocycles. The summed E-state index contributed by atoms with van der Waals surface area (Å²) in [6.07, 6.45) is 1.61. The van der Waals surface area contributed by atoms with Gasteiger partial charge in [0.05, 0.1) is 24.0 Å². The molecule has 1 aromatic rings. The first-order valence-corrected chi connectivity index (χ1v) is 9.94. The average molecular weight is 379 g/mol. The van der Waals surface area contributed by atoms with Gasteiger partial charge in [-0.3, -0.25) is 14.4 Å². The molecule has 3 heterocycles. The van der Waals surface area contributed by atoms with Crippen molar-refractivity contribution in [3.05, 3.63) is 22.4 Å². The lowest BCUT2D eigenvalue weighted by molar-refractivity contribution is -0.144. The first-order valence-electron chi connectivity index (χ1n) is 9.06. The standard InChI is InChI=1S/C18H25N3O4S/c1-13(19-16(22)15-5-3-11-26-15)17(23)21-6-2-4-14(12-21)18(24)20-7-9-25-10-8-20/h3,5,11,13-14H,2,4,6-10,12H2,1H3,(H,19,22). The molecular weight excluding hydrogens is 354 g/mol. The van der Waals surface area contributed by atoms with Crippen LogP contribution in [0.15, 0.2) is 17.5 Å². The van der Waals surface area contributed by atoms with E-state index in [0.29, 0.717) is 44.3 Å². The zero-order valence-corrected chi connectivity index (χ0v) is 15.8. The van der Waals surface area contributed by atoms with Gasteiger partial charge in [0.25, 0.3) is 5.91 Å². The molecule has 2 atom stereocenters. The fourth-order valence-electron chi connectivity index (χ4n) is 3.43. The third-order valence-corrected chi connectivity index (χ3v) is 5.74. The van der Waals surface area contributed by atoms with E-state index in [1.54, 1.807) is 24.0 Å². The molecule has 2 fully saturated rings. The zero-order chi connectivity index (χ0) is 18.5. The number of piperidine rings is 1. The highest BCUT2D eigenvalue weighted by atomic mass is 32.1. The summed E-state index contributed by atoms with van der Waals surface area (Å²) >= 11 is 1.34. The fourth-order valence-corrected chi connectivity index (χ4v) is 4.06. The minimum Gasteiger partial charge on any atom is -0.378 e. The largest absolute Gasteiger partial charge is 0.378 e. The molecule has 1 aromatic heterocycles. The summed E-state index contributed by atoms with van der Waals surface area (Å²) in [5, 5.41) is 4.58. The number of nitrogens with one attached hydrogen (secondary N) is 1. The molecule has 0 bridgehead atoms. The van der Waals surface area contributed by atoms with Crippen LogP contribution in [-0.2, 0) is 14.3 Å². The second kappa shape index (κ2) is 8.64. The van der Waals surface area contributed by atoms with Crippen LogP contribution in [0.2, 0.25) is 0 Å². The molecule has 3 amide bonds. The molecule has 2 aliphatic heterocycles. The molecule has 3 rings (SSSR count). The van der Waals surface area contributed by atoms with Crippen LogP contribution in [0.4, 0.5) is 0 Å².